The van der Waals surface area contributed by atoms with E-state index in [4.69, 9.17) is 15.0 Å². The molecule has 0 fully saturated rings. The van der Waals surface area contributed by atoms with Gasteiger partial charge in [-0.2, -0.15) is 0 Å². The predicted octanol–water partition coefficient (Wildman–Crippen LogP) is 0.282. The molecule has 0 aliphatic carbocycles. The van der Waals surface area contributed by atoms with Crippen molar-refractivity contribution in [1.82, 2.24) is 24.1 Å². The number of para-hydroxylation sites is 4. The average Bonchev–Trinajstić information content (AvgIpc) is 3.33. The minimum Gasteiger partial charge on any atom is -1.00 e. The van der Waals surface area contributed by atoms with Crippen molar-refractivity contribution < 1.29 is 41.6 Å². The van der Waals surface area contributed by atoms with Crippen LogP contribution in [-0.4, -0.2) is 24.1 Å². The van der Waals surface area contributed by atoms with E-state index in [1.54, 1.807) is 0 Å². The Hall–Kier alpha value is -2.38. The molecule has 33 heavy (non-hydrogen) atoms. The molecule has 3 aromatic heterocycles. The van der Waals surface area contributed by atoms with Gasteiger partial charge in [0.1, 0.15) is 11.4 Å². The zero-order chi connectivity index (χ0) is 20.8. The van der Waals surface area contributed by atoms with E-state index in [-0.39, 0.29) is 53.7 Å². The Bertz CT molecular complexity index is 1270. The summed E-state index contributed by atoms with van der Waals surface area (Å²) < 4.78 is 4.51. The van der Waals surface area contributed by atoms with E-state index in [0.29, 0.717) is 0 Å². The van der Waals surface area contributed by atoms with E-state index in [1.165, 1.54) is 0 Å². The Morgan fingerprint density at radius 1 is 0.545 bits per heavy atom. The summed E-state index contributed by atoms with van der Waals surface area (Å²) in [5.41, 5.74) is 5.96. The molecular formula is C25H25Cl2CoN5. The molecule has 0 atom stereocenters. The molecule has 0 saturated heterocycles. The molecule has 5 rings (SSSR count). The van der Waals surface area contributed by atoms with Gasteiger partial charge in [0, 0.05) is 12.1 Å². The summed E-state index contributed by atoms with van der Waals surface area (Å²) >= 11 is 0. The van der Waals surface area contributed by atoms with E-state index in [0.717, 1.165) is 45.1 Å². The number of halogens is 2. The van der Waals surface area contributed by atoms with Crippen molar-refractivity contribution in [3.63, 3.8) is 0 Å². The molecule has 8 heteroatoms. The van der Waals surface area contributed by atoms with Gasteiger partial charge in [-0.15, -0.1) is 0 Å². The molecule has 0 aliphatic rings. The Morgan fingerprint density at radius 3 is 1.33 bits per heavy atom. The normalized spacial score (nSPS) is 10.8. The standard InChI is InChI=1S/C25H25N5.2ClH.Co/c1-16(2)29-22-14-7-5-10-18(22)27-24(29)20-12-9-13-21(26-20)25-28-19-11-6-8-15-23(19)30(25)17(3)4;;;/h5-17H,1-4H3;2*1H;/q;;;+2/p-2. The molecule has 0 amide bonds. The van der Waals surface area contributed by atoms with Gasteiger partial charge in [-0.25, -0.2) is 15.0 Å². The summed E-state index contributed by atoms with van der Waals surface area (Å²) in [5.74, 6) is 1.78. The summed E-state index contributed by atoms with van der Waals surface area (Å²) in [5, 5.41) is 0. The SMILES string of the molecule is CC(C)n1c(-c2cccc(-c3nc4ccccc4n3C(C)C)n2)nc2ccccc21.[Cl-].[Cl-].[Co+2]. The Balaban J connectivity index is 0.00000128. The molecular weight excluding hydrogens is 500 g/mol. The summed E-state index contributed by atoms with van der Waals surface area (Å²) in [6, 6.07) is 23.2. The van der Waals surface area contributed by atoms with Crippen LogP contribution in [-0.2, 0) is 16.8 Å². The fourth-order valence-electron chi connectivity index (χ4n) is 4.18. The van der Waals surface area contributed by atoms with Gasteiger partial charge in [-0.1, -0.05) is 30.3 Å². The van der Waals surface area contributed by atoms with Crippen molar-refractivity contribution in [2.75, 3.05) is 0 Å². The van der Waals surface area contributed by atoms with Gasteiger partial charge < -0.3 is 33.9 Å². The second-order valence-corrected chi connectivity index (χ2v) is 8.18. The first kappa shape index (κ1) is 26.9. The second-order valence-electron chi connectivity index (χ2n) is 8.18. The summed E-state index contributed by atoms with van der Waals surface area (Å²) in [6.45, 7) is 8.72. The molecule has 3 heterocycles. The number of imidazole rings is 2. The van der Waals surface area contributed by atoms with Crippen molar-refractivity contribution >= 4 is 22.1 Å². The van der Waals surface area contributed by atoms with Gasteiger partial charge in [-0.05, 0) is 64.1 Å². The third-order valence-electron chi connectivity index (χ3n) is 5.43. The Kier molecular flexibility index (Phi) is 8.71. The van der Waals surface area contributed by atoms with Crippen LogP contribution < -0.4 is 24.8 Å². The van der Waals surface area contributed by atoms with Crippen molar-refractivity contribution in [1.29, 1.82) is 0 Å². The third kappa shape index (κ3) is 4.66. The molecule has 0 aliphatic heterocycles. The molecule has 0 saturated carbocycles. The number of hydrogen-bond acceptors (Lipinski definition) is 3. The molecule has 5 aromatic rings. The maximum atomic E-state index is 5.02. The molecule has 0 unspecified atom stereocenters. The van der Waals surface area contributed by atoms with Crippen LogP contribution in [0.1, 0.15) is 39.8 Å². The summed E-state index contributed by atoms with van der Waals surface area (Å²) in [4.78, 5) is 14.8. The third-order valence-corrected chi connectivity index (χ3v) is 5.43. The number of nitrogens with zero attached hydrogens (tertiary/aromatic N) is 5. The zero-order valence-corrected chi connectivity index (χ0v) is 21.4. The molecule has 0 N–H and O–H groups in total. The molecule has 2 aromatic carbocycles. The van der Waals surface area contributed by atoms with Crippen LogP contribution in [0.5, 0.6) is 0 Å². The van der Waals surface area contributed by atoms with Crippen LogP contribution in [0.25, 0.3) is 45.1 Å². The van der Waals surface area contributed by atoms with Gasteiger partial charge in [0.2, 0.25) is 0 Å². The van der Waals surface area contributed by atoms with Crippen molar-refractivity contribution in [2.24, 2.45) is 0 Å². The number of fused-ring (bicyclic) bond motifs is 2. The quantitative estimate of drug-likeness (QED) is 0.339. The average molecular weight is 525 g/mol. The first-order chi connectivity index (χ1) is 14.5. The van der Waals surface area contributed by atoms with Crippen LogP contribution in [0.2, 0.25) is 0 Å². The number of hydrogen-bond donors (Lipinski definition) is 0. The largest absolute Gasteiger partial charge is 2.00 e. The Morgan fingerprint density at radius 2 is 0.939 bits per heavy atom. The van der Waals surface area contributed by atoms with Gasteiger partial charge >= 0.3 is 16.8 Å². The maximum absolute atomic E-state index is 5.02. The van der Waals surface area contributed by atoms with Crippen LogP contribution in [0.3, 0.4) is 0 Å². The van der Waals surface area contributed by atoms with Crippen molar-refractivity contribution in [3.05, 3.63) is 66.7 Å². The first-order valence-electron chi connectivity index (χ1n) is 10.5. The molecule has 1 radical (unpaired) electrons. The topological polar surface area (TPSA) is 48.5 Å². The van der Waals surface area contributed by atoms with Gasteiger partial charge in [0.05, 0.1) is 22.1 Å². The number of rotatable bonds is 4. The molecule has 0 bridgehead atoms. The smallest absolute Gasteiger partial charge is 1.00 e. The van der Waals surface area contributed by atoms with Crippen LogP contribution >= 0.6 is 0 Å². The van der Waals surface area contributed by atoms with E-state index in [9.17, 15) is 0 Å². The van der Waals surface area contributed by atoms with Gasteiger partial charge in [-0.3, -0.25) is 0 Å². The van der Waals surface area contributed by atoms with E-state index >= 15 is 0 Å². The van der Waals surface area contributed by atoms with Crippen LogP contribution in [0.4, 0.5) is 0 Å². The Labute approximate surface area is 216 Å². The van der Waals surface area contributed by atoms with E-state index < -0.39 is 0 Å². The van der Waals surface area contributed by atoms with Crippen LogP contribution in [0, 0.1) is 0 Å². The van der Waals surface area contributed by atoms with Gasteiger partial charge in [0.25, 0.3) is 0 Å². The number of pyridine rings is 1. The maximum Gasteiger partial charge on any atom is 2.00 e. The fourth-order valence-corrected chi connectivity index (χ4v) is 4.18. The first-order valence-corrected chi connectivity index (χ1v) is 10.5. The second kappa shape index (κ2) is 10.7. The van der Waals surface area contributed by atoms with E-state index in [1.807, 2.05) is 30.3 Å². The van der Waals surface area contributed by atoms with Crippen molar-refractivity contribution in [3.8, 4) is 23.0 Å². The monoisotopic (exact) mass is 524 g/mol. The van der Waals surface area contributed by atoms with Crippen molar-refractivity contribution in [2.45, 2.75) is 39.8 Å². The zero-order valence-electron chi connectivity index (χ0n) is 18.8. The fraction of sp³-hybridized carbons (Fsp3) is 0.240. The molecule has 0 spiro atoms. The number of benzene rings is 2. The van der Waals surface area contributed by atoms with Gasteiger partial charge in [0.15, 0.2) is 11.6 Å². The summed E-state index contributed by atoms with van der Waals surface area (Å²) in [7, 11) is 0. The molecule has 5 nitrogen and oxygen atoms in total. The van der Waals surface area contributed by atoms with Crippen LogP contribution in [0.15, 0.2) is 66.7 Å². The molecule has 173 valence electrons. The predicted molar refractivity (Wildman–Crippen MR) is 122 cm³/mol. The van der Waals surface area contributed by atoms with E-state index in [2.05, 4.69) is 73.2 Å². The minimum atomic E-state index is 0. The minimum absolute atomic E-state index is 0. The number of aromatic nitrogens is 5. The summed E-state index contributed by atoms with van der Waals surface area (Å²) in [6.07, 6.45) is 0.